The molecule has 0 bridgehead atoms. The zero-order chi connectivity index (χ0) is 7.82. The van der Waals surface area contributed by atoms with Gasteiger partial charge in [-0.25, -0.2) is 0 Å². The van der Waals surface area contributed by atoms with Gasteiger partial charge in [0.15, 0.2) is 0 Å². The summed E-state index contributed by atoms with van der Waals surface area (Å²) >= 11 is 0. The van der Waals surface area contributed by atoms with Gasteiger partial charge in [-0.1, -0.05) is 0 Å². The van der Waals surface area contributed by atoms with E-state index in [0.717, 1.165) is 12.8 Å². The number of unbranched alkanes of at least 4 members (excludes halogenated alkanes) is 1. The molecule has 0 fully saturated rings. The molecule has 0 aromatic rings. The monoisotopic (exact) mass is 139 g/mol. The van der Waals surface area contributed by atoms with Crippen LogP contribution >= 0.6 is 0 Å². The Morgan fingerprint density at radius 2 is 2.20 bits per heavy atom. The topological polar surface area (TPSA) is 32.6 Å². The van der Waals surface area contributed by atoms with Crippen LogP contribution in [0.5, 0.6) is 0 Å². The Balaban J connectivity index is 3.45. The van der Waals surface area contributed by atoms with Crippen molar-refractivity contribution in [3.05, 3.63) is 17.4 Å². The highest BCUT2D eigenvalue weighted by Crippen LogP contribution is 1.89. The molecule has 2 heteroatoms. The van der Waals surface area contributed by atoms with E-state index in [9.17, 15) is 0 Å². The Morgan fingerprint density at radius 1 is 1.50 bits per heavy atom. The Labute approximate surface area is 61.6 Å². The van der Waals surface area contributed by atoms with Crippen LogP contribution < -0.4 is 0 Å². The molecule has 0 atom stereocenters. The second-order valence-electron chi connectivity index (χ2n) is 2.22. The van der Waals surface area contributed by atoms with Crippen LogP contribution in [0.1, 0.15) is 26.7 Å². The highest BCUT2D eigenvalue weighted by molar-refractivity contribution is 5.56. The molecule has 0 saturated carbocycles. The number of allylic oxidation sites excluding steroid dienone is 1. The molecule has 1 N–H and O–H groups in total. The molecule has 10 heavy (non-hydrogen) atoms. The molecule has 0 aliphatic rings. The first kappa shape index (κ1) is 8.99. The molecular weight excluding hydrogens is 126 g/mol. The van der Waals surface area contributed by atoms with E-state index < -0.39 is 0 Å². The zero-order valence-corrected chi connectivity index (χ0v) is 6.46. The van der Waals surface area contributed by atoms with E-state index in [0.29, 0.717) is 0 Å². The Kier molecular flexibility index (Phi) is 5.50. The van der Waals surface area contributed by atoms with Gasteiger partial charge in [-0.05, 0) is 38.3 Å². The van der Waals surface area contributed by atoms with Crippen LogP contribution in [0.15, 0.2) is 22.5 Å². The maximum absolute atomic E-state index is 8.00. The lowest BCUT2D eigenvalue weighted by Crippen LogP contribution is -1.71. The van der Waals surface area contributed by atoms with Gasteiger partial charge in [0.05, 0.1) is 0 Å². The molecular formula is C8H13NO. The highest BCUT2D eigenvalue weighted by atomic mass is 16.4. The molecule has 0 aromatic heterocycles. The van der Waals surface area contributed by atoms with E-state index in [4.69, 9.17) is 5.21 Å². The van der Waals surface area contributed by atoms with Gasteiger partial charge in [-0.3, -0.25) is 0 Å². The summed E-state index contributed by atoms with van der Waals surface area (Å²) in [5.41, 5.74) is 4.22. The van der Waals surface area contributed by atoms with Crippen molar-refractivity contribution in [3.8, 4) is 0 Å². The summed E-state index contributed by atoms with van der Waals surface area (Å²) in [7, 11) is 0. The van der Waals surface area contributed by atoms with Crippen LogP contribution in [0.3, 0.4) is 0 Å². The highest BCUT2D eigenvalue weighted by Gasteiger charge is 1.74. The summed E-state index contributed by atoms with van der Waals surface area (Å²) in [5, 5.41) is 10.9. The van der Waals surface area contributed by atoms with Gasteiger partial charge >= 0.3 is 0 Å². The van der Waals surface area contributed by atoms with Gasteiger partial charge in [0, 0.05) is 6.21 Å². The van der Waals surface area contributed by atoms with Gasteiger partial charge in [0.1, 0.15) is 0 Å². The van der Waals surface area contributed by atoms with E-state index in [1.54, 1.807) is 0 Å². The summed E-state index contributed by atoms with van der Waals surface area (Å²) in [6.45, 7) is 3.99. The molecule has 0 aliphatic carbocycles. The fourth-order valence-electron chi connectivity index (χ4n) is 0.492. The lowest BCUT2D eigenvalue weighted by atomic mass is 10.3. The predicted octanol–water partition coefficient (Wildman–Crippen LogP) is 2.35. The van der Waals surface area contributed by atoms with Crippen molar-refractivity contribution in [2.75, 3.05) is 0 Å². The van der Waals surface area contributed by atoms with Crippen LogP contribution in [0.2, 0.25) is 0 Å². The van der Waals surface area contributed by atoms with Crippen molar-refractivity contribution in [1.82, 2.24) is 0 Å². The van der Waals surface area contributed by atoms with Gasteiger partial charge in [0.25, 0.3) is 0 Å². The fourth-order valence-corrected chi connectivity index (χ4v) is 0.492. The third kappa shape index (κ3) is 6.99. The van der Waals surface area contributed by atoms with E-state index in [2.05, 4.69) is 10.9 Å². The van der Waals surface area contributed by atoms with Crippen LogP contribution in [0, 0.1) is 0 Å². The van der Waals surface area contributed by atoms with Crippen LogP contribution in [-0.4, -0.2) is 11.4 Å². The lowest BCUT2D eigenvalue weighted by molar-refractivity contribution is 0.320. The number of rotatable bonds is 3. The summed E-state index contributed by atoms with van der Waals surface area (Å²) in [6, 6.07) is 0. The summed E-state index contributed by atoms with van der Waals surface area (Å²) < 4.78 is 0. The molecule has 0 amide bonds. The first-order valence-corrected chi connectivity index (χ1v) is 3.31. The first-order valence-electron chi connectivity index (χ1n) is 3.31. The van der Waals surface area contributed by atoms with Gasteiger partial charge in [-0.2, -0.15) is 0 Å². The minimum absolute atomic E-state index is 0.775. The molecule has 0 radical (unpaired) electrons. The van der Waals surface area contributed by atoms with Gasteiger partial charge in [0.2, 0.25) is 0 Å². The largest absolute Gasteiger partial charge is 0.411 e. The second-order valence-corrected chi connectivity index (χ2v) is 2.22. The number of oxime groups is 1. The van der Waals surface area contributed by atoms with Gasteiger partial charge in [-0.15, -0.1) is 10.9 Å². The van der Waals surface area contributed by atoms with Crippen molar-refractivity contribution in [1.29, 1.82) is 0 Å². The summed E-state index contributed by atoms with van der Waals surface area (Å²) in [6.07, 6.45) is 5.08. The molecule has 0 spiro atoms. The zero-order valence-electron chi connectivity index (χ0n) is 6.46. The Bertz CT molecular complexity index is 160. The molecule has 0 saturated heterocycles. The summed E-state index contributed by atoms with van der Waals surface area (Å²) in [5.74, 6) is 0. The number of hydrogen-bond donors (Lipinski definition) is 1. The van der Waals surface area contributed by atoms with Gasteiger partial charge < -0.3 is 5.21 Å². The van der Waals surface area contributed by atoms with Crippen molar-refractivity contribution in [2.24, 2.45) is 5.16 Å². The Morgan fingerprint density at radius 3 is 2.70 bits per heavy atom. The quantitative estimate of drug-likeness (QED) is 0.210. The maximum atomic E-state index is 8.00. The SMILES string of the molecule is CC(C)=C=CCC/C=N\O. The molecule has 0 aromatic carbocycles. The summed E-state index contributed by atoms with van der Waals surface area (Å²) in [4.78, 5) is 0. The van der Waals surface area contributed by atoms with E-state index in [1.165, 1.54) is 11.8 Å². The maximum Gasteiger partial charge on any atom is 0.0439 e. The van der Waals surface area contributed by atoms with Crippen LogP contribution in [0.25, 0.3) is 0 Å². The molecule has 2 nitrogen and oxygen atoms in total. The minimum atomic E-state index is 0.775. The third-order valence-electron chi connectivity index (χ3n) is 0.912. The van der Waals surface area contributed by atoms with E-state index >= 15 is 0 Å². The predicted molar refractivity (Wildman–Crippen MR) is 42.5 cm³/mol. The number of hydrogen-bond acceptors (Lipinski definition) is 2. The minimum Gasteiger partial charge on any atom is -0.411 e. The first-order chi connectivity index (χ1) is 4.77. The van der Waals surface area contributed by atoms with Crippen LogP contribution in [0.4, 0.5) is 0 Å². The molecule has 0 aliphatic heterocycles. The number of nitrogens with zero attached hydrogens (tertiary/aromatic N) is 1. The van der Waals surface area contributed by atoms with Crippen molar-refractivity contribution in [3.63, 3.8) is 0 Å². The second kappa shape index (κ2) is 6.12. The normalized spacial score (nSPS) is 9.40. The third-order valence-corrected chi connectivity index (χ3v) is 0.912. The molecule has 56 valence electrons. The van der Waals surface area contributed by atoms with Crippen molar-refractivity contribution in [2.45, 2.75) is 26.7 Å². The molecule has 0 rings (SSSR count). The standard InChI is InChI=1S/C8H13NO/c1-8(2)6-4-3-5-7-9-10/h4,7,10H,3,5H2,1-2H3/b9-7-. The van der Waals surface area contributed by atoms with E-state index in [1.807, 2.05) is 19.9 Å². The lowest BCUT2D eigenvalue weighted by Gasteiger charge is -1.80. The smallest absolute Gasteiger partial charge is 0.0439 e. The molecule has 0 unspecified atom stereocenters. The average Bonchev–Trinajstić information content (AvgIpc) is 1.87. The van der Waals surface area contributed by atoms with E-state index in [-0.39, 0.29) is 0 Å². The average molecular weight is 139 g/mol. The Hall–Kier alpha value is -1.01. The fraction of sp³-hybridized carbons (Fsp3) is 0.500. The van der Waals surface area contributed by atoms with Crippen molar-refractivity contribution >= 4 is 6.21 Å². The van der Waals surface area contributed by atoms with Crippen LogP contribution in [-0.2, 0) is 0 Å². The van der Waals surface area contributed by atoms with Crippen molar-refractivity contribution < 1.29 is 5.21 Å². The molecule has 0 heterocycles.